The van der Waals surface area contributed by atoms with E-state index in [0.29, 0.717) is 5.92 Å². The van der Waals surface area contributed by atoms with E-state index in [9.17, 15) is 4.79 Å². The first-order valence-corrected chi connectivity index (χ1v) is 6.37. The van der Waals surface area contributed by atoms with Crippen LogP contribution in [0.15, 0.2) is 12.2 Å². The number of nitrogens with zero attached hydrogens (tertiary/aromatic N) is 1. The van der Waals surface area contributed by atoms with Crippen LogP contribution in [-0.4, -0.2) is 43.2 Å². The Kier molecular flexibility index (Phi) is 3.84. The highest BCUT2D eigenvalue weighted by Crippen LogP contribution is 2.24. The molecule has 4 heteroatoms. The van der Waals surface area contributed by atoms with Crippen molar-refractivity contribution in [2.24, 2.45) is 17.6 Å². The number of ether oxygens (including phenoxy) is 1. The third-order valence-corrected chi connectivity index (χ3v) is 3.94. The number of methoxy groups -OCH3 is 1. The van der Waals surface area contributed by atoms with E-state index >= 15 is 0 Å². The summed E-state index contributed by atoms with van der Waals surface area (Å²) >= 11 is 0. The Hall–Kier alpha value is -0.870. The molecule has 1 aliphatic carbocycles. The van der Waals surface area contributed by atoms with Gasteiger partial charge in [0.05, 0.1) is 12.0 Å². The van der Waals surface area contributed by atoms with Crippen LogP contribution in [0.1, 0.15) is 19.8 Å². The highest BCUT2D eigenvalue weighted by molar-refractivity contribution is 5.81. The molecule has 1 aliphatic heterocycles. The number of carbonyl (C=O) groups is 1. The third-order valence-electron chi connectivity index (χ3n) is 3.94. The van der Waals surface area contributed by atoms with Gasteiger partial charge in [0.1, 0.15) is 0 Å². The van der Waals surface area contributed by atoms with Crippen LogP contribution in [0.4, 0.5) is 0 Å². The zero-order valence-electron chi connectivity index (χ0n) is 10.6. The topological polar surface area (TPSA) is 55.6 Å². The number of hydrogen-bond donors (Lipinski definition) is 1. The second kappa shape index (κ2) is 5.19. The van der Waals surface area contributed by atoms with E-state index in [0.717, 1.165) is 25.9 Å². The molecule has 1 amide bonds. The maximum Gasteiger partial charge on any atom is 0.229 e. The van der Waals surface area contributed by atoms with Crippen LogP contribution in [0.5, 0.6) is 0 Å². The molecule has 2 N–H and O–H groups in total. The molecule has 4 atom stereocenters. The Balaban J connectivity index is 1.94. The highest BCUT2D eigenvalue weighted by Gasteiger charge is 2.33. The van der Waals surface area contributed by atoms with Crippen molar-refractivity contribution in [2.45, 2.75) is 31.9 Å². The molecule has 1 saturated heterocycles. The maximum atomic E-state index is 12.3. The summed E-state index contributed by atoms with van der Waals surface area (Å²) in [6.07, 6.45) is 5.83. The average molecular weight is 238 g/mol. The van der Waals surface area contributed by atoms with Crippen LogP contribution >= 0.6 is 0 Å². The number of piperidine rings is 1. The van der Waals surface area contributed by atoms with Crippen molar-refractivity contribution in [2.75, 3.05) is 20.2 Å². The molecule has 0 aromatic carbocycles. The molecule has 17 heavy (non-hydrogen) atoms. The largest absolute Gasteiger partial charge is 0.379 e. The molecule has 0 radical (unpaired) electrons. The van der Waals surface area contributed by atoms with Crippen LogP contribution in [0, 0.1) is 11.8 Å². The van der Waals surface area contributed by atoms with E-state index in [-0.39, 0.29) is 24.0 Å². The van der Waals surface area contributed by atoms with Crippen molar-refractivity contribution in [3.05, 3.63) is 12.2 Å². The molecule has 0 spiro atoms. The van der Waals surface area contributed by atoms with Gasteiger partial charge in [0.2, 0.25) is 5.91 Å². The van der Waals surface area contributed by atoms with Crippen molar-refractivity contribution in [3.8, 4) is 0 Å². The van der Waals surface area contributed by atoms with Gasteiger partial charge < -0.3 is 15.4 Å². The molecule has 0 bridgehead atoms. The van der Waals surface area contributed by atoms with E-state index < -0.39 is 0 Å². The van der Waals surface area contributed by atoms with Gasteiger partial charge in [0.15, 0.2) is 0 Å². The first kappa shape index (κ1) is 12.6. The van der Waals surface area contributed by atoms with E-state index in [1.165, 1.54) is 0 Å². The van der Waals surface area contributed by atoms with Gasteiger partial charge in [-0.3, -0.25) is 4.79 Å². The van der Waals surface area contributed by atoms with Gasteiger partial charge in [0.25, 0.3) is 0 Å². The molecule has 0 aromatic rings. The smallest absolute Gasteiger partial charge is 0.229 e. The van der Waals surface area contributed by atoms with E-state index in [4.69, 9.17) is 10.5 Å². The fourth-order valence-electron chi connectivity index (χ4n) is 2.69. The Labute approximate surface area is 103 Å². The van der Waals surface area contributed by atoms with Crippen molar-refractivity contribution in [1.29, 1.82) is 0 Å². The lowest BCUT2D eigenvalue weighted by Crippen LogP contribution is -2.48. The quantitative estimate of drug-likeness (QED) is 0.723. The summed E-state index contributed by atoms with van der Waals surface area (Å²) in [5.41, 5.74) is 5.79. The van der Waals surface area contributed by atoms with Crippen LogP contribution in [0.3, 0.4) is 0 Å². The lowest BCUT2D eigenvalue weighted by Gasteiger charge is -2.37. The van der Waals surface area contributed by atoms with Gasteiger partial charge in [0, 0.05) is 26.2 Å². The van der Waals surface area contributed by atoms with E-state index in [1.54, 1.807) is 7.11 Å². The highest BCUT2D eigenvalue weighted by atomic mass is 16.5. The maximum absolute atomic E-state index is 12.3. The second-order valence-electron chi connectivity index (χ2n) is 5.22. The van der Waals surface area contributed by atoms with Gasteiger partial charge >= 0.3 is 0 Å². The van der Waals surface area contributed by atoms with Crippen molar-refractivity contribution in [1.82, 2.24) is 4.90 Å². The van der Waals surface area contributed by atoms with E-state index in [2.05, 4.69) is 6.92 Å². The molecule has 1 heterocycles. The molecular weight excluding hydrogens is 216 g/mol. The monoisotopic (exact) mass is 238 g/mol. The lowest BCUT2D eigenvalue weighted by atomic mass is 9.94. The summed E-state index contributed by atoms with van der Waals surface area (Å²) in [6, 6.07) is 0.0471. The van der Waals surface area contributed by atoms with Gasteiger partial charge in [-0.25, -0.2) is 0 Å². The van der Waals surface area contributed by atoms with Crippen molar-refractivity contribution >= 4 is 5.91 Å². The molecule has 2 aliphatic rings. The predicted molar refractivity (Wildman–Crippen MR) is 66.4 cm³/mol. The fourth-order valence-corrected chi connectivity index (χ4v) is 2.69. The third kappa shape index (κ3) is 2.69. The molecular formula is C13H22N2O2. The van der Waals surface area contributed by atoms with Crippen molar-refractivity contribution < 1.29 is 9.53 Å². The minimum atomic E-state index is -0.0177. The Morgan fingerprint density at radius 2 is 2.24 bits per heavy atom. The first-order chi connectivity index (χ1) is 8.11. The average Bonchev–Trinajstić information content (AvgIpc) is 2.75. The Morgan fingerprint density at radius 3 is 2.82 bits per heavy atom. The van der Waals surface area contributed by atoms with Crippen LogP contribution in [0.25, 0.3) is 0 Å². The number of carbonyl (C=O) groups excluding carboxylic acids is 1. The number of rotatable bonds is 2. The summed E-state index contributed by atoms with van der Waals surface area (Å²) in [5, 5.41) is 0. The molecule has 4 unspecified atom stereocenters. The Bertz CT molecular complexity index is 317. The summed E-state index contributed by atoms with van der Waals surface area (Å²) < 4.78 is 5.43. The van der Waals surface area contributed by atoms with Crippen LogP contribution in [-0.2, 0) is 9.53 Å². The lowest BCUT2D eigenvalue weighted by molar-refractivity contribution is -0.139. The zero-order chi connectivity index (χ0) is 12.4. The molecule has 0 aromatic heterocycles. The number of nitrogens with two attached hydrogens (primary N) is 1. The summed E-state index contributed by atoms with van der Waals surface area (Å²) in [5.74, 6) is 0.726. The zero-order valence-corrected chi connectivity index (χ0v) is 10.6. The van der Waals surface area contributed by atoms with Gasteiger partial charge in [-0.05, 0) is 18.8 Å². The summed E-state index contributed by atoms with van der Waals surface area (Å²) in [6.45, 7) is 3.75. The summed E-state index contributed by atoms with van der Waals surface area (Å²) in [4.78, 5) is 14.2. The minimum absolute atomic E-state index is 0.0177. The fraction of sp³-hybridized carbons (Fsp3) is 0.769. The standard InChI is InChI=1S/C13H22N2O2/c1-9-5-6-15(8-12(9)17-2)13(16)10-3-4-11(14)7-10/h3-4,9-12H,5-8,14H2,1-2H3. The van der Waals surface area contributed by atoms with E-state index in [1.807, 2.05) is 17.1 Å². The summed E-state index contributed by atoms with van der Waals surface area (Å²) in [7, 11) is 1.72. The van der Waals surface area contributed by atoms with Crippen LogP contribution < -0.4 is 5.73 Å². The van der Waals surface area contributed by atoms with Gasteiger partial charge in [-0.15, -0.1) is 0 Å². The van der Waals surface area contributed by atoms with Crippen LogP contribution in [0.2, 0.25) is 0 Å². The van der Waals surface area contributed by atoms with Gasteiger partial charge in [-0.1, -0.05) is 19.1 Å². The molecule has 0 saturated carbocycles. The molecule has 2 rings (SSSR count). The molecule has 96 valence electrons. The molecule has 1 fully saturated rings. The SMILES string of the molecule is COC1CN(C(=O)C2C=CC(N)C2)CCC1C. The number of amides is 1. The van der Waals surface area contributed by atoms with Crippen molar-refractivity contribution in [3.63, 3.8) is 0 Å². The normalized spacial score (nSPS) is 37.5. The second-order valence-corrected chi connectivity index (χ2v) is 5.22. The number of likely N-dealkylation sites (tertiary alicyclic amines) is 1. The number of hydrogen-bond acceptors (Lipinski definition) is 3. The Morgan fingerprint density at radius 1 is 1.47 bits per heavy atom. The van der Waals surface area contributed by atoms with Gasteiger partial charge in [-0.2, -0.15) is 0 Å². The molecule has 4 nitrogen and oxygen atoms in total. The predicted octanol–water partition coefficient (Wildman–Crippen LogP) is 0.773. The minimum Gasteiger partial charge on any atom is -0.379 e. The first-order valence-electron chi connectivity index (χ1n) is 6.37.